The van der Waals surface area contributed by atoms with E-state index in [4.69, 9.17) is 27.6 Å². The van der Waals surface area contributed by atoms with E-state index in [0.717, 1.165) is 11.8 Å². The van der Waals surface area contributed by atoms with E-state index < -0.39 is 26.7 Å². The van der Waals surface area contributed by atoms with Crippen LogP contribution in [0.1, 0.15) is 26.5 Å². The van der Waals surface area contributed by atoms with E-state index in [9.17, 15) is 18.0 Å². The van der Waals surface area contributed by atoms with Crippen molar-refractivity contribution in [2.24, 2.45) is 0 Å². The molecule has 2 amide bonds. The van der Waals surface area contributed by atoms with Crippen LogP contribution in [-0.4, -0.2) is 30.1 Å². The van der Waals surface area contributed by atoms with Gasteiger partial charge in [-0.1, -0.05) is 23.2 Å². The fourth-order valence-electron chi connectivity index (χ4n) is 3.24. The van der Waals surface area contributed by atoms with Crippen LogP contribution in [-0.2, 0) is 14.8 Å². The molecule has 33 heavy (non-hydrogen) atoms. The normalized spacial score (nSPS) is 16.1. The van der Waals surface area contributed by atoms with Gasteiger partial charge in [0, 0.05) is 35.0 Å². The smallest absolute Gasteiger partial charge is 0.290 e. The van der Waals surface area contributed by atoms with Gasteiger partial charge in [-0.2, -0.15) is 0 Å². The van der Waals surface area contributed by atoms with Crippen molar-refractivity contribution in [2.45, 2.75) is 31.2 Å². The average Bonchev–Trinajstić information content (AvgIpc) is 3.20. The Balaban J connectivity index is 1.78. The molecule has 1 aliphatic heterocycles. The molecule has 0 aliphatic carbocycles. The number of nitrogens with zero attached hydrogens (tertiary/aromatic N) is 1. The molecule has 0 atom stereocenters. The lowest BCUT2D eigenvalue weighted by Gasteiger charge is -2.21. The first-order valence-corrected chi connectivity index (χ1v) is 12.6. The number of carbonyl (C=O) groups is 2. The summed E-state index contributed by atoms with van der Waals surface area (Å²) >= 11 is 13.5. The number of amides is 2. The Morgan fingerprint density at radius 2 is 1.79 bits per heavy atom. The summed E-state index contributed by atoms with van der Waals surface area (Å²) < 4.78 is 34.0. The number of benzene rings is 1. The first-order chi connectivity index (χ1) is 15.3. The summed E-state index contributed by atoms with van der Waals surface area (Å²) in [4.78, 5) is 27.4. The Bertz CT molecular complexity index is 1430. The third-order valence-corrected chi connectivity index (χ3v) is 7.86. The molecule has 1 saturated heterocycles. The number of hydrogen-bond donors (Lipinski definition) is 2. The van der Waals surface area contributed by atoms with Crippen molar-refractivity contribution < 1.29 is 22.4 Å². The SMILES string of the molecule is CC(C)(C)NS(=O)(=O)c1c(Cl)cc(-c2cncc3cc(C=C4SC(=O)NC4=O)oc23)cc1Cl. The summed E-state index contributed by atoms with van der Waals surface area (Å²) in [6, 6.07) is 4.62. The number of carbonyl (C=O) groups excluding carboxylic acids is 2. The van der Waals surface area contributed by atoms with Crippen LogP contribution in [0.15, 0.2) is 44.8 Å². The van der Waals surface area contributed by atoms with E-state index in [1.54, 1.807) is 33.0 Å². The molecule has 8 nitrogen and oxygen atoms in total. The maximum atomic E-state index is 12.8. The molecular weight excluding hydrogens is 509 g/mol. The Kier molecular flexibility index (Phi) is 6.08. The highest BCUT2D eigenvalue weighted by molar-refractivity contribution is 8.18. The topological polar surface area (TPSA) is 118 Å². The lowest BCUT2D eigenvalue weighted by molar-refractivity contribution is -0.115. The van der Waals surface area contributed by atoms with Crippen LogP contribution in [0.2, 0.25) is 10.0 Å². The van der Waals surface area contributed by atoms with Crippen LogP contribution in [0.5, 0.6) is 0 Å². The van der Waals surface area contributed by atoms with E-state index in [1.807, 2.05) is 0 Å². The van der Waals surface area contributed by atoms with Gasteiger partial charge < -0.3 is 4.42 Å². The minimum Gasteiger partial charge on any atom is -0.456 e. The molecule has 0 saturated carbocycles. The number of fused-ring (bicyclic) bond motifs is 1. The summed E-state index contributed by atoms with van der Waals surface area (Å²) in [6.45, 7) is 5.13. The van der Waals surface area contributed by atoms with Gasteiger partial charge in [0.1, 0.15) is 16.2 Å². The molecule has 2 N–H and O–H groups in total. The molecule has 0 spiro atoms. The van der Waals surface area contributed by atoms with Crippen molar-refractivity contribution in [1.82, 2.24) is 15.0 Å². The van der Waals surface area contributed by atoms with Gasteiger partial charge >= 0.3 is 0 Å². The predicted octanol–water partition coefficient (Wildman–Crippen LogP) is 5.20. The third kappa shape index (κ3) is 4.95. The number of aromatic nitrogens is 1. The van der Waals surface area contributed by atoms with Crippen molar-refractivity contribution in [1.29, 1.82) is 0 Å². The van der Waals surface area contributed by atoms with Crippen LogP contribution in [0.25, 0.3) is 28.2 Å². The molecule has 12 heteroatoms. The second-order valence-corrected chi connectivity index (χ2v) is 11.7. The Morgan fingerprint density at radius 1 is 1.12 bits per heavy atom. The van der Waals surface area contributed by atoms with Crippen LogP contribution >= 0.6 is 35.0 Å². The monoisotopic (exact) mass is 525 g/mol. The van der Waals surface area contributed by atoms with E-state index in [-0.39, 0.29) is 19.8 Å². The maximum absolute atomic E-state index is 12.8. The van der Waals surface area contributed by atoms with Gasteiger partial charge in [0.2, 0.25) is 10.0 Å². The van der Waals surface area contributed by atoms with E-state index >= 15 is 0 Å². The van der Waals surface area contributed by atoms with Crippen LogP contribution in [0, 0.1) is 0 Å². The number of sulfonamides is 1. The summed E-state index contributed by atoms with van der Waals surface area (Å²) in [5, 5.41) is 2.24. The van der Waals surface area contributed by atoms with Crippen molar-refractivity contribution in [3.63, 3.8) is 0 Å². The van der Waals surface area contributed by atoms with Crippen molar-refractivity contribution >= 4 is 73.2 Å². The molecule has 4 rings (SSSR count). The Morgan fingerprint density at radius 3 is 2.36 bits per heavy atom. The molecule has 1 aromatic carbocycles. The minimum absolute atomic E-state index is 0.0577. The first kappa shape index (κ1) is 23.8. The summed E-state index contributed by atoms with van der Waals surface area (Å²) in [5.41, 5.74) is 0.725. The minimum atomic E-state index is -3.97. The number of pyridine rings is 1. The average molecular weight is 526 g/mol. The second-order valence-electron chi connectivity index (χ2n) is 8.23. The zero-order valence-corrected chi connectivity index (χ0v) is 20.7. The highest BCUT2D eigenvalue weighted by Gasteiger charge is 2.28. The third-order valence-electron chi connectivity index (χ3n) is 4.38. The molecule has 0 radical (unpaired) electrons. The summed E-state index contributed by atoms with van der Waals surface area (Å²) in [5.74, 6) is -0.152. The molecular formula is C21H17Cl2N3O5S2. The highest BCUT2D eigenvalue weighted by atomic mass is 35.5. The molecule has 0 bridgehead atoms. The van der Waals surface area contributed by atoms with Gasteiger partial charge in [-0.25, -0.2) is 13.1 Å². The fraction of sp³-hybridized carbons (Fsp3) is 0.190. The fourth-order valence-corrected chi connectivity index (χ4v) is 6.53. The van der Waals surface area contributed by atoms with Crippen molar-refractivity contribution in [2.75, 3.05) is 0 Å². The zero-order chi connectivity index (χ0) is 24.1. The van der Waals surface area contributed by atoms with Gasteiger partial charge in [0.25, 0.3) is 11.1 Å². The van der Waals surface area contributed by atoms with Gasteiger partial charge in [0.05, 0.1) is 15.0 Å². The number of furan rings is 1. The molecule has 1 aliphatic rings. The van der Waals surface area contributed by atoms with Crippen LogP contribution in [0.4, 0.5) is 4.79 Å². The number of thioether (sulfide) groups is 1. The first-order valence-electron chi connectivity index (χ1n) is 9.50. The largest absolute Gasteiger partial charge is 0.456 e. The zero-order valence-electron chi connectivity index (χ0n) is 17.5. The lowest BCUT2D eigenvalue weighted by atomic mass is 10.1. The Hall–Kier alpha value is -2.37. The quantitative estimate of drug-likeness (QED) is 0.449. The molecule has 172 valence electrons. The van der Waals surface area contributed by atoms with Gasteiger partial charge in [-0.3, -0.25) is 19.9 Å². The Labute approximate surface area is 203 Å². The molecule has 2 aromatic heterocycles. The van der Waals surface area contributed by atoms with Gasteiger partial charge in [0.15, 0.2) is 0 Å². The van der Waals surface area contributed by atoms with Crippen molar-refractivity contribution in [3.05, 3.63) is 51.3 Å². The van der Waals surface area contributed by atoms with Crippen molar-refractivity contribution in [3.8, 4) is 11.1 Å². The highest BCUT2D eigenvalue weighted by Crippen LogP contribution is 2.38. The number of rotatable bonds is 4. The molecule has 3 aromatic rings. The maximum Gasteiger partial charge on any atom is 0.290 e. The number of halogens is 2. The van der Waals surface area contributed by atoms with E-state index in [2.05, 4.69) is 15.0 Å². The van der Waals surface area contributed by atoms with E-state index in [1.165, 1.54) is 24.4 Å². The predicted molar refractivity (Wildman–Crippen MR) is 129 cm³/mol. The standard InChI is InChI=1S/C21H17Cl2N3O5S2/c1-21(2,3)26-33(29,30)18-14(22)5-10(6-15(18)23)13-9-24-8-11-4-12(31-17(11)13)7-16-19(27)25-20(28)32-16/h4-9,26H,1-3H3,(H,25,27,28). The lowest BCUT2D eigenvalue weighted by Crippen LogP contribution is -2.40. The van der Waals surface area contributed by atoms with E-state index in [0.29, 0.717) is 27.9 Å². The summed E-state index contributed by atoms with van der Waals surface area (Å²) in [7, 11) is -3.97. The number of nitrogens with one attached hydrogen (secondary N) is 2. The number of imide groups is 1. The van der Waals surface area contributed by atoms with Crippen LogP contribution < -0.4 is 10.0 Å². The van der Waals surface area contributed by atoms with Crippen LogP contribution in [0.3, 0.4) is 0 Å². The summed E-state index contributed by atoms with van der Waals surface area (Å²) in [6.07, 6.45) is 4.57. The molecule has 1 fully saturated rings. The van der Waals surface area contributed by atoms with Gasteiger partial charge in [-0.05, 0) is 56.3 Å². The molecule has 0 unspecified atom stereocenters. The molecule has 3 heterocycles. The van der Waals surface area contributed by atoms with Gasteiger partial charge in [-0.15, -0.1) is 0 Å². The number of hydrogen-bond acceptors (Lipinski definition) is 7. The second kappa shape index (κ2) is 8.44.